The van der Waals surface area contributed by atoms with Crippen molar-refractivity contribution in [2.24, 2.45) is 11.7 Å². The second kappa shape index (κ2) is 9.50. The Balaban J connectivity index is 4.46. The van der Waals surface area contributed by atoms with Crippen LogP contribution >= 0.6 is 0 Å². The van der Waals surface area contributed by atoms with E-state index in [0.717, 1.165) is 0 Å². The molecule has 0 aromatic heterocycles. The van der Waals surface area contributed by atoms with Crippen LogP contribution in [-0.4, -0.2) is 42.6 Å². The van der Waals surface area contributed by atoms with Gasteiger partial charge in [-0.05, 0) is 39.5 Å². The number of hydrogen-bond donors (Lipinski definition) is 2. The zero-order chi connectivity index (χ0) is 18.2. The number of ether oxygens (including phenoxy) is 2. The molecule has 0 aliphatic heterocycles. The average molecular weight is 330 g/mol. The van der Waals surface area contributed by atoms with Gasteiger partial charge in [-0.1, -0.05) is 13.8 Å². The summed E-state index contributed by atoms with van der Waals surface area (Å²) in [6, 6.07) is -1.62. The van der Waals surface area contributed by atoms with Gasteiger partial charge in [0.05, 0.1) is 13.2 Å². The second-order valence-electron chi connectivity index (χ2n) is 6.95. The van der Waals surface area contributed by atoms with E-state index in [1.807, 2.05) is 13.8 Å². The predicted octanol–water partition coefficient (Wildman–Crippen LogP) is 1.14. The summed E-state index contributed by atoms with van der Waals surface area (Å²) in [4.78, 5) is 35.4. The lowest BCUT2D eigenvalue weighted by atomic mass is 10.0. The van der Waals surface area contributed by atoms with Crippen LogP contribution in [0.4, 0.5) is 0 Å². The van der Waals surface area contributed by atoms with Crippen LogP contribution < -0.4 is 11.1 Å². The van der Waals surface area contributed by atoms with E-state index in [0.29, 0.717) is 6.42 Å². The number of methoxy groups -OCH3 is 1. The zero-order valence-electron chi connectivity index (χ0n) is 15.0. The number of carbonyl (C=O) groups excluding carboxylic acids is 3. The normalized spacial score (nSPS) is 14.1. The minimum atomic E-state index is -0.887. The molecule has 2 atom stereocenters. The zero-order valence-corrected chi connectivity index (χ0v) is 15.0. The van der Waals surface area contributed by atoms with Crippen LogP contribution in [0.15, 0.2) is 0 Å². The molecule has 0 saturated carbocycles. The van der Waals surface area contributed by atoms with Crippen molar-refractivity contribution < 1.29 is 23.9 Å². The van der Waals surface area contributed by atoms with Crippen LogP contribution in [0.5, 0.6) is 0 Å². The molecule has 134 valence electrons. The number of carbonyl (C=O) groups is 3. The number of nitrogens with one attached hydrogen (secondary N) is 1. The van der Waals surface area contributed by atoms with Crippen molar-refractivity contribution in [2.45, 2.75) is 71.6 Å². The first kappa shape index (κ1) is 21.4. The van der Waals surface area contributed by atoms with Gasteiger partial charge in [0.1, 0.15) is 11.6 Å². The molecular weight excluding hydrogens is 300 g/mol. The molecule has 1 amide bonds. The van der Waals surface area contributed by atoms with E-state index in [-0.39, 0.29) is 18.8 Å². The molecule has 7 nitrogen and oxygen atoms in total. The van der Waals surface area contributed by atoms with Crippen LogP contribution in [0.1, 0.15) is 53.9 Å². The maximum Gasteiger partial charge on any atom is 0.328 e. The molecule has 7 heteroatoms. The van der Waals surface area contributed by atoms with Gasteiger partial charge in [0.25, 0.3) is 0 Å². The number of nitrogens with two attached hydrogens (primary N) is 1. The van der Waals surface area contributed by atoms with Gasteiger partial charge in [0.2, 0.25) is 5.91 Å². The smallest absolute Gasteiger partial charge is 0.328 e. The summed E-state index contributed by atoms with van der Waals surface area (Å²) >= 11 is 0. The minimum absolute atomic E-state index is 0.0406. The van der Waals surface area contributed by atoms with Gasteiger partial charge >= 0.3 is 11.9 Å². The van der Waals surface area contributed by atoms with Crippen LogP contribution in [0.2, 0.25) is 0 Å². The molecule has 0 aromatic carbocycles. The Hall–Kier alpha value is -1.63. The highest BCUT2D eigenvalue weighted by atomic mass is 16.6. The van der Waals surface area contributed by atoms with Crippen molar-refractivity contribution >= 4 is 17.8 Å². The molecule has 0 rings (SSSR count). The van der Waals surface area contributed by atoms with Crippen LogP contribution in [0.25, 0.3) is 0 Å². The summed E-state index contributed by atoms with van der Waals surface area (Å²) in [5, 5.41) is 2.58. The van der Waals surface area contributed by atoms with Gasteiger partial charge in [0.15, 0.2) is 0 Å². The number of hydrogen-bond acceptors (Lipinski definition) is 6. The average Bonchev–Trinajstić information content (AvgIpc) is 2.40. The summed E-state index contributed by atoms with van der Waals surface area (Å²) in [7, 11) is 1.27. The summed E-state index contributed by atoms with van der Waals surface area (Å²) in [6.45, 7) is 9.17. The van der Waals surface area contributed by atoms with E-state index in [2.05, 4.69) is 10.1 Å². The minimum Gasteiger partial charge on any atom is -0.467 e. The van der Waals surface area contributed by atoms with Gasteiger partial charge in [0, 0.05) is 6.42 Å². The van der Waals surface area contributed by atoms with Crippen molar-refractivity contribution in [3.8, 4) is 0 Å². The number of amides is 1. The summed E-state index contributed by atoms with van der Waals surface area (Å²) < 4.78 is 9.84. The fourth-order valence-corrected chi connectivity index (χ4v) is 1.90. The molecule has 0 saturated heterocycles. The second-order valence-corrected chi connectivity index (χ2v) is 6.95. The standard InChI is InChI=1S/C16H30N2O5/c1-10(2)9-12(15(21)22-6)18-14(20)11(17)7-8-13(19)23-16(3,4)5/h10-12H,7-9,17H2,1-6H3,(H,18,20)/t11-,12-/m0/s1. The highest BCUT2D eigenvalue weighted by Crippen LogP contribution is 2.10. The van der Waals surface area contributed by atoms with Gasteiger partial charge in [-0.15, -0.1) is 0 Å². The predicted molar refractivity (Wildman–Crippen MR) is 86.5 cm³/mol. The van der Waals surface area contributed by atoms with E-state index in [4.69, 9.17) is 10.5 Å². The summed E-state index contributed by atoms with van der Waals surface area (Å²) in [6.07, 6.45) is 0.645. The lowest BCUT2D eigenvalue weighted by Crippen LogP contribution is -2.49. The van der Waals surface area contributed by atoms with Crippen molar-refractivity contribution in [3.05, 3.63) is 0 Å². The maximum atomic E-state index is 12.1. The largest absolute Gasteiger partial charge is 0.467 e. The van der Waals surface area contributed by atoms with Crippen molar-refractivity contribution in [3.63, 3.8) is 0 Å². The Kier molecular flexibility index (Phi) is 8.82. The van der Waals surface area contributed by atoms with E-state index in [1.54, 1.807) is 20.8 Å². The van der Waals surface area contributed by atoms with Crippen molar-refractivity contribution in [1.29, 1.82) is 0 Å². The highest BCUT2D eigenvalue weighted by molar-refractivity contribution is 5.87. The first-order valence-corrected chi connectivity index (χ1v) is 7.82. The number of esters is 2. The topological polar surface area (TPSA) is 108 Å². The van der Waals surface area contributed by atoms with E-state index >= 15 is 0 Å². The Morgan fingerprint density at radius 2 is 1.74 bits per heavy atom. The highest BCUT2D eigenvalue weighted by Gasteiger charge is 2.26. The molecule has 0 heterocycles. The molecular formula is C16H30N2O5. The third-order valence-electron chi connectivity index (χ3n) is 2.93. The van der Waals surface area contributed by atoms with E-state index in [1.165, 1.54) is 7.11 Å². The third-order valence-corrected chi connectivity index (χ3v) is 2.93. The first-order valence-electron chi connectivity index (χ1n) is 7.82. The van der Waals surface area contributed by atoms with Crippen LogP contribution in [0.3, 0.4) is 0 Å². The van der Waals surface area contributed by atoms with Crippen LogP contribution in [-0.2, 0) is 23.9 Å². The Labute approximate surface area is 138 Å². The SMILES string of the molecule is COC(=O)[C@H](CC(C)C)NC(=O)[C@@H](N)CCC(=O)OC(C)(C)C. The fourth-order valence-electron chi connectivity index (χ4n) is 1.90. The molecule has 0 fully saturated rings. The molecule has 0 radical (unpaired) electrons. The lowest BCUT2D eigenvalue weighted by Gasteiger charge is -2.21. The van der Waals surface area contributed by atoms with Gasteiger partial charge in [-0.2, -0.15) is 0 Å². The Morgan fingerprint density at radius 3 is 2.17 bits per heavy atom. The first-order chi connectivity index (χ1) is 10.5. The van der Waals surface area contributed by atoms with Gasteiger partial charge in [-0.25, -0.2) is 4.79 Å². The Bertz CT molecular complexity index is 415. The quantitative estimate of drug-likeness (QED) is 0.646. The third kappa shape index (κ3) is 9.89. The molecule has 0 unspecified atom stereocenters. The van der Waals surface area contributed by atoms with Gasteiger partial charge < -0.3 is 20.5 Å². The maximum absolute atomic E-state index is 12.1. The van der Waals surface area contributed by atoms with Crippen LogP contribution in [0, 0.1) is 5.92 Å². The van der Waals surface area contributed by atoms with Crippen molar-refractivity contribution in [1.82, 2.24) is 5.32 Å². The lowest BCUT2D eigenvalue weighted by molar-refractivity contribution is -0.155. The summed E-state index contributed by atoms with van der Waals surface area (Å²) in [5.74, 6) is -1.19. The van der Waals surface area contributed by atoms with Crippen molar-refractivity contribution in [2.75, 3.05) is 7.11 Å². The molecule has 0 aliphatic rings. The molecule has 0 aliphatic carbocycles. The molecule has 23 heavy (non-hydrogen) atoms. The molecule has 0 aromatic rings. The number of rotatable bonds is 8. The molecule has 0 spiro atoms. The van der Waals surface area contributed by atoms with E-state index < -0.39 is 35.5 Å². The summed E-state index contributed by atoms with van der Waals surface area (Å²) in [5.41, 5.74) is 5.21. The Morgan fingerprint density at radius 1 is 1.17 bits per heavy atom. The molecule has 0 bridgehead atoms. The monoisotopic (exact) mass is 330 g/mol. The fraction of sp³-hybridized carbons (Fsp3) is 0.812. The molecule has 3 N–H and O–H groups in total. The van der Waals surface area contributed by atoms with Gasteiger partial charge in [-0.3, -0.25) is 9.59 Å². The van der Waals surface area contributed by atoms with E-state index in [9.17, 15) is 14.4 Å².